The molecule has 1 aliphatic rings. The van der Waals surface area contributed by atoms with Gasteiger partial charge in [-0.15, -0.1) is 0 Å². The molecule has 106 valence electrons. The molecule has 0 amide bonds. The number of hydrogen-bond donors (Lipinski definition) is 0. The summed E-state index contributed by atoms with van der Waals surface area (Å²) in [5.41, 5.74) is 1.22. The lowest BCUT2D eigenvalue weighted by atomic mass is 10.2. The van der Waals surface area contributed by atoms with E-state index < -0.39 is 0 Å². The first-order valence-corrected chi connectivity index (χ1v) is 6.89. The predicted octanol–water partition coefficient (Wildman–Crippen LogP) is 2.42. The number of nitriles is 1. The van der Waals surface area contributed by atoms with Gasteiger partial charge < -0.3 is 9.80 Å². The fourth-order valence-corrected chi connectivity index (χ4v) is 2.60. The summed E-state index contributed by atoms with van der Waals surface area (Å²) in [6.45, 7) is 2.87. The van der Waals surface area contributed by atoms with Crippen LogP contribution in [0.2, 0.25) is 0 Å². The molecular weight excluding hydrogens is 267 g/mol. The van der Waals surface area contributed by atoms with Gasteiger partial charge in [-0.25, -0.2) is 9.37 Å². The zero-order valence-corrected chi connectivity index (χ0v) is 11.5. The smallest absolute Gasteiger partial charge is 0.146 e. The number of nitrogens with zero attached hydrogens (tertiary/aromatic N) is 4. The van der Waals surface area contributed by atoms with Crippen LogP contribution in [0, 0.1) is 17.1 Å². The fraction of sp³-hybridized carbons (Fsp3) is 0.250. The molecule has 2 heterocycles. The number of anilines is 2. The van der Waals surface area contributed by atoms with E-state index in [0.29, 0.717) is 30.2 Å². The van der Waals surface area contributed by atoms with Gasteiger partial charge >= 0.3 is 0 Å². The highest BCUT2D eigenvalue weighted by atomic mass is 19.1. The Hall–Kier alpha value is -2.61. The van der Waals surface area contributed by atoms with E-state index in [1.165, 1.54) is 6.07 Å². The maximum Gasteiger partial charge on any atom is 0.146 e. The number of hydrogen-bond acceptors (Lipinski definition) is 4. The van der Waals surface area contributed by atoms with E-state index >= 15 is 0 Å². The molecule has 1 aliphatic heterocycles. The van der Waals surface area contributed by atoms with Crippen molar-refractivity contribution in [2.45, 2.75) is 0 Å². The Bertz CT molecular complexity index is 672. The molecule has 1 aromatic carbocycles. The maximum absolute atomic E-state index is 13.8. The molecule has 0 saturated carbocycles. The van der Waals surface area contributed by atoms with Crippen LogP contribution in [0.15, 0.2) is 42.6 Å². The quantitative estimate of drug-likeness (QED) is 0.848. The van der Waals surface area contributed by atoms with Gasteiger partial charge in [-0.2, -0.15) is 5.26 Å². The molecule has 3 rings (SSSR count). The van der Waals surface area contributed by atoms with Crippen LogP contribution in [0.4, 0.5) is 15.9 Å². The van der Waals surface area contributed by atoms with Gasteiger partial charge in [-0.05, 0) is 24.3 Å². The Balaban J connectivity index is 1.74. The Kier molecular flexibility index (Phi) is 3.69. The third kappa shape index (κ3) is 2.65. The minimum atomic E-state index is -0.193. The summed E-state index contributed by atoms with van der Waals surface area (Å²) in [6.07, 6.45) is 1.69. The summed E-state index contributed by atoms with van der Waals surface area (Å²) < 4.78 is 13.8. The topological polar surface area (TPSA) is 43.2 Å². The molecular formula is C16H15FN4. The van der Waals surface area contributed by atoms with Crippen molar-refractivity contribution in [3.63, 3.8) is 0 Å². The molecule has 0 N–H and O–H groups in total. The lowest BCUT2D eigenvalue weighted by molar-refractivity contribution is 0.596. The first kappa shape index (κ1) is 13.4. The average Bonchev–Trinajstić information content (AvgIpc) is 2.55. The van der Waals surface area contributed by atoms with Gasteiger partial charge in [0.15, 0.2) is 0 Å². The molecule has 0 spiro atoms. The second kappa shape index (κ2) is 5.80. The van der Waals surface area contributed by atoms with Crippen molar-refractivity contribution < 1.29 is 4.39 Å². The van der Waals surface area contributed by atoms with Gasteiger partial charge in [0, 0.05) is 32.4 Å². The minimum absolute atomic E-state index is 0.193. The molecule has 5 heteroatoms. The van der Waals surface area contributed by atoms with Gasteiger partial charge in [0.1, 0.15) is 17.7 Å². The Morgan fingerprint density at radius 1 is 1.00 bits per heavy atom. The van der Waals surface area contributed by atoms with Gasteiger partial charge in [0.25, 0.3) is 0 Å². The highest BCUT2D eigenvalue weighted by Gasteiger charge is 2.21. The summed E-state index contributed by atoms with van der Waals surface area (Å²) in [5, 5.41) is 9.14. The molecule has 0 unspecified atom stereocenters. The third-order valence-electron chi connectivity index (χ3n) is 3.68. The number of halogens is 1. The van der Waals surface area contributed by atoms with Gasteiger partial charge in [0.2, 0.25) is 0 Å². The predicted molar refractivity (Wildman–Crippen MR) is 79.8 cm³/mol. The molecule has 0 aliphatic carbocycles. The normalized spacial score (nSPS) is 14.9. The molecule has 0 radical (unpaired) electrons. The van der Waals surface area contributed by atoms with Gasteiger partial charge in [-0.1, -0.05) is 12.1 Å². The van der Waals surface area contributed by atoms with Crippen LogP contribution in [0.1, 0.15) is 5.56 Å². The van der Waals surface area contributed by atoms with Crippen LogP contribution in [-0.4, -0.2) is 31.2 Å². The van der Waals surface area contributed by atoms with Crippen molar-refractivity contribution >= 4 is 11.5 Å². The van der Waals surface area contributed by atoms with Crippen LogP contribution >= 0.6 is 0 Å². The highest BCUT2D eigenvalue weighted by molar-refractivity contribution is 5.55. The number of rotatable bonds is 2. The number of pyridine rings is 1. The van der Waals surface area contributed by atoms with E-state index in [1.54, 1.807) is 30.5 Å². The number of piperazine rings is 1. The van der Waals surface area contributed by atoms with Crippen LogP contribution < -0.4 is 9.80 Å². The number of benzene rings is 1. The van der Waals surface area contributed by atoms with Crippen molar-refractivity contribution in [3.8, 4) is 6.07 Å². The van der Waals surface area contributed by atoms with Crippen molar-refractivity contribution in [2.24, 2.45) is 0 Å². The highest BCUT2D eigenvalue weighted by Crippen LogP contribution is 2.23. The maximum atomic E-state index is 13.8. The molecule has 4 nitrogen and oxygen atoms in total. The first-order chi connectivity index (χ1) is 10.3. The summed E-state index contributed by atoms with van der Waals surface area (Å²) in [4.78, 5) is 8.41. The summed E-state index contributed by atoms with van der Waals surface area (Å²) in [7, 11) is 0. The van der Waals surface area contributed by atoms with Gasteiger partial charge in [-0.3, -0.25) is 0 Å². The second-order valence-corrected chi connectivity index (χ2v) is 4.91. The zero-order chi connectivity index (χ0) is 14.7. The first-order valence-electron chi connectivity index (χ1n) is 6.89. The third-order valence-corrected chi connectivity index (χ3v) is 3.68. The fourth-order valence-electron chi connectivity index (χ4n) is 2.60. The van der Waals surface area contributed by atoms with Crippen molar-refractivity contribution in [1.82, 2.24) is 4.98 Å². The van der Waals surface area contributed by atoms with Crippen molar-refractivity contribution in [1.29, 1.82) is 5.26 Å². The Labute approximate surface area is 123 Å². The average molecular weight is 282 g/mol. The van der Waals surface area contributed by atoms with E-state index in [0.717, 1.165) is 13.1 Å². The van der Waals surface area contributed by atoms with Crippen LogP contribution in [-0.2, 0) is 0 Å². The van der Waals surface area contributed by atoms with E-state index in [4.69, 9.17) is 5.26 Å². The summed E-state index contributed by atoms with van der Waals surface area (Å²) in [6, 6.07) is 12.5. The van der Waals surface area contributed by atoms with Crippen molar-refractivity contribution in [2.75, 3.05) is 36.0 Å². The molecule has 1 fully saturated rings. The number of aromatic nitrogens is 1. The lowest BCUT2D eigenvalue weighted by Crippen LogP contribution is -2.47. The second-order valence-electron chi connectivity index (χ2n) is 4.91. The van der Waals surface area contributed by atoms with Crippen LogP contribution in [0.25, 0.3) is 0 Å². The zero-order valence-electron chi connectivity index (χ0n) is 11.5. The van der Waals surface area contributed by atoms with Crippen LogP contribution in [0.3, 0.4) is 0 Å². The van der Waals surface area contributed by atoms with E-state index in [2.05, 4.69) is 16.0 Å². The lowest BCUT2D eigenvalue weighted by Gasteiger charge is -2.37. The largest absolute Gasteiger partial charge is 0.366 e. The Morgan fingerprint density at radius 3 is 2.43 bits per heavy atom. The minimum Gasteiger partial charge on any atom is -0.366 e. The summed E-state index contributed by atoms with van der Waals surface area (Å²) in [5.74, 6) is 0.523. The molecule has 0 atom stereocenters. The van der Waals surface area contributed by atoms with E-state index in [-0.39, 0.29) is 5.82 Å². The van der Waals surface area contributed by atoms with E-state index in [1.807, 2.05) is 11.0 Å². The van der Waals surface area contributed by atoms with Crippen molar-refractivity contribution in [3.05, 3.63) is 54.0 Å². The Morgan fingerprint density at radius 2 is 1.71 bits per heavy atom. The van der Waals surface area contributed by atoms with E-state index in [9.17, 15) is 4.39 Å². The standard InChI is InChI=1S/C16H15FN4/c17-14-5-1-2-6-15(14)20-8-10-21(11-9-20)16-13(12-18)4-3-7-19-16/h1-7H,8-11H2. The summed E-state index contributed by atoms with van der Waals surface area (Å²) >= 11 is 0. The monoisotopic (exact) mass is 282 g/mol. The molecule has 2 aromatic rings. The number of para-hydroxylation sites is 1. The molecule has 1 saturated heterocycles. The van der Waals surface area contributed by atoms with Gasteiger partial charge in [0.05, 0.1) is 11.3 Å². The SMILES string of the molecule is N#Cc1cccnc1N1CCN(c2ccccc2F)CC1. The molecule has 0 bridgehead atoms. The molecule has 1 aromatic heterocycles. The van der Waals surface area contributed by atoms with Crippen LogP contribution in [0.5, 0.6) is 0 Å². The molecule has 21 heavy (non-hydrogen) atoms.